The van der Waals surface area contributed by atoms with Crippen LogP contribution in [0.4, 0.5) is 17.1 Å². The van der Waals surface area contributed by atoms with Crippen molar-refractivity contribution in [3.8, 4) is 0 Å². The quantitative estimate of drug-likeness (QED) is 0.392. The van der Waals surface area contributed by atoms with Crippen LogP contribution in [0.5, 0.6) is 0 Å². The lowest BCUT2D eigenvalue weighted by molar-refractivity contribution is -0.120. The van der Waals surface area contributed by atoms with Crippen molar-refractivity contribution in [1.82, 2.24) is 0 Å². The average Bonchev–Trinajstić information content (AvgIpc) is 2.98. The lowest BCUT2D eigenvalue weighted by Crippen LogP contribution is -2.32. The lowest BCUT2D eigenvalue weighted by atomic mass is 10.1. The summed E-state index contributed by atoms with van der Waals surface area (Å²) in [6.45, 7) is 3.83. The highest BCUT2D eigenvalue weighted by Crippen LogP contribution is 2.31. The number of carbonyl (C=O) groups excluding carboxylic acids is 3. The van der Waals surface area contributed by atoms with Crippen molar-refractivity contribution in [3.63, 3.8) is 0 Å². The van der Waals surface area contributed by atoms with Gasteiger partial charge in [0.05, 0.1) is 5.69 Å². The number of hydrogen-bond donors (Lipinski definition) is 2. The standard InChI is InChI=1S/C25H18Cl3N3O3/c1-13-6-7-20(8-14(13)2)31-24(33)21(28)22(25(31)34)29-18-5-3-4-15(9-18)23(32)30-19-11-16(26)10-17(27)12-19/h3-12,29H,1-2H3,(H,30,32). The third-order valence-electron chi connectivity index (χ3n) is 5.29. The summed E-state index contributed by atoms with van der Waals surface area (Å²) in [5, 5.41) is 6.15. The molecule has 0 unspecified atom stereocenters. The van der Waals surface area contributed by atoms with Crippen LogP contribution in [-0.4, -0.2) is 17.7 Å². The molecule has 172 valence electrons. The highest BCUT2D eigenvalue weighted by molar-refractivity contribution is 6.53. The van der Waals surface area contributed by atoms with E-state index in [0.717, 1.165) is 16.0 Å². The molecule has 3 aromatic rings. The zero-order valence-corrected chi connectivity index (χ0v) is 20.3. The van der Waals surface area contributed by atoms with Crippen LogP contribution in [0.3, 0.4) is 0 Å². The number of benzene rings is 3. The molecule has 3 amide bonds. The third-order valence-corrected chi connectivity index (χ3v) is 6.08. The minimum atomic E-state index is -0.621. The van der Waals surface area contributed by atoms with Gasteiger partial charge in [0.2, 0.25) is 0 Å². The van der Waals surface area contributed by atoms with Crippen LogP contribution >= 0.6 is 34.8 Å². The molecule has 1 heterocycles. The van der Waals surface area contributed by atoms with Crippen molar-refractivity contribution >= 4 is 69.6 Å². The topological polar surface area (TPSA) is 78.5 Å². The maximum atomic E-state index is 13.0. The average molecular weight is 515 g/mol. The summed E-state index contributed by atoms with van der Waals surface area (Å²) >= 11 is 18.2. The molecule has 0 atom stereocenters. The van der Waals surface area contributed by atoms with Crippen LogP contribution in [0.1, 0.15) is 21.5 Å². The Morgan fingerprint density at radius 1 is 0.794 bits per heavy atom. The van der Waals surface area contributed by atoms with Gasteiger partial charge in [-0.15, -0.1) is 0 Å². The van der Waals surface area contributed by atoms with E-state index >= 15 is 0 Å². The summed E-state index contributed by atoms with van der Waals surface area (Å²) in [5.41, 5.74) is 3.50. The number of carbonyl (C=O) groups is 3. The zero-order chi connectivity index (χ0) is 24.6. The fourth-order valence-corrected chi connectivity index (χ4v) is 4.16. The first-order chi connectivity index (χ1) is 16.1. The number of halogens is 3. The molecule has 0 saturated carbocycles. The van der Waals surface area contributed by atoms with E-state index in [-0.39, 0.29) is 10.7 Å². The summed E-state index contributed by atoms with van der Waals surface area (Å²) in [5.74, 6) is -1.61. The molecule has 9 heteroatoms. The number of anilines is 3. The Labute approximate surface area is 211 Å². The predicted molar refractivity (Wildman–Crippen MR) is 136 cm³/mol. The number of amides is 3. The van der Waals surface area contributed by atoms with Gasteiger partial charge in [-0.05, 0) is 73.5 Å². The second-order valence-electron chi connectivity index (χ2n) is 7.72. The van der Waals surface area contributed by atoms with E-state index in [9.17, 15) is 14.4 Å². The molecule has 0 aliphatic carbocycles. The first-order valence-corrected chi connectivity index (χ1v) is 11.3. The molecular formula is C25H18Cl3N3O3. The predicted octanol–water partition coefficient (Wildman–Crippen LogP) is 6.30. The molecule has 0 radical (unpaired) electrons. The Hall–Kier alpha value is -3.32. The maximum Gasteiger partial charge on any atom is 0.283 e. The molecule has 0 saturated heterocycles. The molecule has 3 aromatic carbocycles. The molecule has 4 rings (SSSR count). The number of hydrogen-bond acceptors (Lipinski definition) is 4. The van der Waals surface area contributed by atoms with Gasteiger partial charge in [0.25, 0.3) is 17.7 Å². The van der Waals surface area contributed by atoms with E-state index in [1.807, 2.05) is 19.9 Å². The first-order valence-electron chi connectivity index (χ1n) is 10.1. The van der Waals surface area contributed by atoms with E-state index in [1.165, 1.54) is 6.07 Å². The van der Waals surface area contributed by atoms with Gasteiger partial charge >= 0.3 is 0 Å². The van der Waals surface area contributed by atoms with Crippen molar-refractivity contribution in [3.05, 3.63) is 98.1 Å². The van der Waals surface area contributed by atoms with E-state index in [0.29, 0.717) is 32.7 Å². The minimum absolute atomic E-state index is 0.0657. The highest BCUT2D eigenvalue weighted by Gasteiger charge is 2.39. The third kappa shape index (κ3) is 4.80. The number of aryl methyl sites for hydroxylation is 2. The van der Waals surface area contributed by atoms with Crippen molar-refractivity contribution in [2.45, 2.75) is 13.8 Å². The van der Waals surface area contributed by atoms with E-state index < -0.39 is 17.7 Å². The summed E-state index contributed by atoms with van der Waals surface area (Å²) in [4.78, 5) is 39.5. The van der Waals surface area contributed by atoms with Crippen molar-refractivity contribution in [1.29, 1.82) is 0 Å². The van der Waals surface area contributed by atoms with Crippen LogP contribution < -0.4 is 15.5 Å². The molecule has 1 aliphatic heterocycles. The minimum Gasteiger partial charge on any atom is -0.350 e. The van der Waals surface area contributed by atoms with Gasteiger partial charge in [-0.3, -0.25) is 14.4 Å². The SMILES string of the molecule is Cc1ccc(N2C(=O)C(Cl)=C(Nc3cccc(C(=O)Nc4cc(Cl)cc(Cl)c4)c3)C2=O)cc1C. The van der Waals surface area contributed by atoms with Crippen LogP contribution in [0.25, 0.3) is 0 Å². The first kappa shape index (κ1) is 23.8. The Morgan fingerprint density at radius 3 is 2.18 bits per heavy atom. The monoisotopic (exact) mass is 513 g/mol. The van der Waals surface area contributed by atoms with Gasteiger partial charge in [0.15, 0.2) is 0 Å². The second kappa shape index (κ2) is 9.50. The fraction of sp³-hybridized carbons (Fsp3) is 0.0800. The largest absolute Gasteiger partial charge is 0.350 e. The summed E-state index contributed by atoms with van der Waals surface area (Å²) in [6.07, 6.45) is 0. The Balaban J connectivity index is 1.55. The van der Waals surface area contributed by atoms with Crippen LogP contribution in [0.2, 0.25) is 10.0 Å². The van der Waals surface area contributed by atoms with Gasteiger partial charge < -0.3 is 10.6 Å². The molecule has 0 bridgehead atoms. The van der Waals surface area contributed by atoms with E-state index in [1.54, 1.807) is 48.5 Å². The van der Waals surface area contributed by atoms with Gasteiger partial charge in [0, 0.05) is 27.0 Å². The highest BCUT2D eigenvalue weighted by atomic mass is 35.5. The molecule has 0 aromatic heterocycles. The van der Waals surface area contributed by atoms with E-state index in [4.69, 9.17) is 34.8 Å². The Bertz CT molecular complexity index is 1360. The summed E-state index contributed by atoms with van der Waals surface area (Å²) < 4.78 is 0. The number of imide groups is 1. The van der Waals surface area contributed by atoms with E-state index in [2.05, 4.69) is 10.6 Å². The summed E-state index contributed by atoms with van der Waals surface area (Å²) in [7, 11) is 0. The molecule has 1 aliphatic rings. The fourth-order valence-electron chi connectivity index (χ4n) is 3.42. The van der Waals surface area contributed by atoms with Gasteiger partial charge in [0.1, 0.15) is 10.7 Å². The molecule has 6 nitrogen and oxygen atoms in total. The molecule has 0 spiro atoms. The lowest BCUT2D eigenvalue weighted by Gasteiger charge is -2.16. The molecule has 34 heavy (non-hydrogen) atoms. The molecule has 2 N–H and O–H groups in total. The van der Waals surface area contributed by atoms with Crippen molar-refractivity contribution < 1.29 is 14.4 Å². The number of rotatable bonds is 5. The number of nitrogens with zero attached hydrogens (tertiary/aromatic N) is 1. The van der Waals surface area contributed by atoms with Crippen molar-refractivity contribution in [2.75, 3.05) is 15.5 Å². The molecular weight excluding hydrogens is 497 g/mol. The smallest absolute Gasteiger partial charge is 0.283 e. The van der Waals surface area contributed by atoms with Gasteiger partial charge in [-0.1, -0.05) is 46.9 Å². The zero-order valence-electron chi connectivity index (χ0n) is 18.1. The van der Waals surface area contributed by atoms with Crippen LogP contribution in [0.15, 0.2) is 71.4 Å². The van der Waals surface area contributed by atoms with Crippen LogP contribution in [0, 0.1) is 13.8 Å². The normalized spacial score (nSPS) is 13.5. The summed E-state index contributed by atoms with van der Waals surface area (Å²) in [6, 6.07) is 16.4. The molecule has 0 fully saturated rings. The maximum absolute atomic E-state index is 13.0. The van der Waals surface area contributed by atoms with Crippen LogP contribution in [-0.2, 0) is 9.59 Å². The van der Waals surface area contributed by atoms with Gasteiger partial charge in [-0.25, -0.2) is 4.90 Å². The Kier molecular flexibility index (Phi) is 6.66. The Morgan fingerprint density at radius 2 is 1.50 bits per heavy atom. The van der Waals surface area contributed by atoms with Gasteiger partial charge in [-0.2, -0.15) is 0 Å². The number of nitrogens with one attached hydrogen (secondary N) is 2. The second-order valence-corrected chi connectivity index (χ2v) is 8.97. The van der Waals surface area contributed by atoms with Crippen molar-refractivity contribution in [2.24, 2.45) is 0 Å².